The van der Waals surface area contributed by atoms with Gasteiger partial charge in [0.2, 0.25) is 0 Å². The number of hydrogen-bond acceptors (Lipinski definition) is 6. The molecule has 2 heterocycles. The number of hydrogen-bond donors (Lipinski definition) is 0. The van der Waals surface area contributed by atoms with Crippen molar-refractivity contribution >= 4 is 38.7 Å². The quantitative estimate of drug-likeness (QED) is 0.121. The lowest BCUT2D eigenvalue weighted by Gasteiger charge is -2.25. The zero-order valence-corrected chi connectivity index (χ0v) is 38.5. The second-order valence-corrected chi connectivity index (χ2v) is 18.9. The Balaban J connectivity index is 1.09. The molecular formula is C60H44O6P2. The molecule has 2 fully saturated rings. The van der Waals surface area contributed by atoms with E-state index in [1.165, 1.54) is 0 Å². The summed E-state index contributed by atoms with van der Waals surface area (Å²) in [7, 11) is -3.97. The van der Waals surface area contributed by atoms with Gasteiger partial charge in [-0.1, -0.05) is 231 Å². The number of fused-ring (bicyclic) bond motifs is 2. The van der Waals surface area contributed by atoms with Gasteiger partial charge in [-0.2, -0.15) is 0 Å². The largest absolute Gasteiger partial charge is 0.425 e. The van der Waals surface area contributed by atoms with Crippen molar-refractivity contribution in [2.75, 3.05) is 0 Å². The molecule has 0 N–H and O–H groups in total. The molecule has 0 amide bonds. The van der Waals surface area contributed by atoms with Crippen molar-refractivity contribution in [1.82, 2.24) is 0 Å². The summed E-state index contributed by atoms with van der Waals surface area (Å²) in [5, 5.41) is 4.01. The molecule has 4 atom stereocenters. The maximum Gasteiger partial charge on any atom is 0.398 e. The van der Waals surface area contributed by atoms with E-state index in [1.54, 1.807) is 0 Å². The summed E-state index contributed by atoms with van der Waals surface area (Å²) in [6, 6.07) is 83.2. The van der Waals surface area contributed by atoms with Crippen molar-refractivity contribution in [3.05, 3.63) is 265 Å². The molecule has 0 saturated carbocycles. The molecule has 0 radical (unpaired) electrons. The van der Waals surface area contributed by atoms with Crippen molar-refractivity contribution in [3.63, 3.8) is 0 Å². The van der Waals surface area contributed by atoms with E-state index in [1.807, 2.05) is 84.9 Å². The van der Waals surface area contributed by atoms with Gasteiger partial charge in [0.1, 0.15) is 35.9 Å². The van der Waals surface area contributed by atoms with E-state index in [-0.39, 0.29) is 0 Å². The molecule has 10 aromatic rings. The third-order valence-electron chi connectivity index (χ3n) is 12.6. The van der Waals surface area contributed by atoms with Gasteiger partial charge in [-0.15, -0.1) is 0 Å². The highest BCUT2D eigenvalue weighted by atomic mass is 31.2. The minimum Gasteiger partial charge on any atom is -0.425 e. The highest BCUT2D eigenvalue weighted by molar-refractivity contribution is 7.42. The molecule has 2 saturated heterocycles. The zero-order chi connectivity index (χ0) is 45.2. The highest BCUT2D eigenvalue weighted by Gasteiger charge is 2.44. The molecule has 0 aliphatic carbocycles. The number of rotatable bonds is 11. The van der Waals surface area contributed by atoms with Crippen molar-refractivity contribution in [2.24, 2.45) is 0 Å². The van der Waals surface area contributed by atoms with Crippen LogP contribution in [0.15, 0.2) is 243 Å². The molecular weight excluding hydrogens is 879 g/mol. The molecule has 6 nitrogen and oxygen atoms in total. The fourth-order valence-electron chi connectivity index (χ4n) is 9.40. The zero-order valence-electron chi connectivity index (χ0n) is 36.7. The second-order valence-electron chi connectivity index (χ2n) is 16.8. The summed E-state index contributed by atoms with van der Waals surface area (Å²) in [4.78, 5) is 0. The van der Waals surface area contributed by atoms with E-state index < -0.39 is 41.6 Å². The van der Waals surface area contributed by atoms with E-state index in [0.29, 0.717) is 11.5 Å². The third kappa shape index (κ3) is 8.27. The number of benzene rings is 10. The average molecular weight is 923 g/mol. The summed E-state index contributed by atoms with van der Waals surface area (Å²) in [6.45, 7) is 0. The molecule has 2 aliphatic heterocycles. The van der Waals surface area contributed by atoms with Crippen molar-refractivity contribution in [3.8, 4) is 44.9 Å². The van der Waals surface area contributed by atoms with Crippen LogP contribution in [0.1, 0.15) is 46.7 Å². The van der Waals surface area contributed by atoms with Crippen LogP contribution in [0.4, 0.5) is 0 Å². The normalized spacial score (nSPS) is 20.1. The summed E-state index contributed by atoms with van der Waals surface area (Å²) in [5.74, 6) is 1.24. The predicted molar refractivity (Wildman–Crippen MR) is 274 cm³/mol. The van der Waals surface area contributed by atoms with E-state index in [2.05, 4.69) is 158 Å². The summed E-state index contributed by atoms with van der Waals surface area (Å²) >= 11 is 0. The lowest BCUT2D eigenvalue weighted by atomic mass is 9.86. The van der Waals surface area contributed by atoms with Gasteiger partial charge in [0, 0.05) is 22.3 Å². The monoisotopic (exact) mass is 922 g/mol. The first kappa shape index (κ1) is 42.4. The fourth-order valence-corrected chi connectivity index (χ4v) is 12.0. The molecule has 330 valence electrons. The minimum atomic E-state index is -1.98. The first-order chi connectivity index (χ1) is 33.7. The molecule has 4 unspecified atom stereocenters. The Kier molecular flexibility index (Phi) is 11.8. The fraction of sp³-hybridized carbons (Fsp3) is 0.0667. The SMILES string of the molecule is c1ccc(-c2cc3ccccc3c(-c3c(OP4OC(c5ccccc5)C(c5ccccc5)O4)c(-c4ccccc4)cc4ccccc34)c2OP2OC(c3ccccc3)C(c3ccccc3)O2)cc1. The molecule has 8 heteroatoms. The second kappa shape index (κ2) is 19.0. The summed E-state index contributed by atoms with van der Waals surface area (Å²) in [6.07, 6.45) is -1.65. The van der Waals surface area contributed by atoms with Gasteiger partial charge in [-0.05, 0) is 67.1 Å². The summed E-state index contributed by atoms with van der Waals surface area (Å²) in [5.41, 5.74) is 9.47. The van der Waals surface area contributed by atoms with Crippen LogP contribution in [-0.2, 0) is 18.1 Å². The van der Waals surface area contributed by atoms with Crippen molar-refractivity contribution in [1.29, 1.82) is 0 Å². The van der Waals surface area contributed by atoms with E-state index >= 15 is 0 Å². The van der Waals surface area contributed by atoms with Gasteiger partial charge in [0.05, 0.1) is 0 Å². The molecule has 0 spiro atoms. The minimum absolute atomic E-state index is 0.412. The van der Waals surface area contributed by atoms with Crippen LogP contribution >= 0.6 is 17.2 Å². The average Bonchev–Trinajstić information content (AvgIpc) is 4.05. The Labute approximate surface area is 398 Å². The maximum atomic E-state index is 7.43. The molecule has 0 aromatic heterocycles. The first-order valence-corrected chi connectivity index (χ1v) is 25.0. The van der Waals surface area contributed by atoms with Crippen LogP contribution in [0.2, 0.25) is 0 Å². The Morgan fingerprint density at radius 3 is 0.868 bits per heavy atom. The summed E-state index contributed by atoms with van der Waals surface area (Å²) < 4.78 is 42.8. The van der Waals surface area contributed by atoms with Gasteiger partial charge < -0.3 is 9.05 Å². The van der Waals surface area contributed by atoms with Gasteiger partial charge in [-0.25, -0.2) is 0 Å². The van der Waals surface area contributed by atoms with Crippen LogP contribution < -0.4 is 9.05 Å². The standard InChI is InChI=1S/C60H44O6P2/c1-7-23-41(24-8-1)51-39-47-35-19-21-37-49(47)53(59(51)65-67-61-55(43-27-11-3-12-28-43)56(62-67)44-29-13-4-14-30-44)54-50-38-22-20-36-48(50)40-52(42-25-9-2-10-26-42)60(54)66-68-63-57(45-31-15-5-16-32-45)58(64-68)46-33-17-6-18-34-46/h1-40,55-58H. The lowest BCUT2D eigenvalue weighted by Crippen LogP contribution is -2.06. The van der Waals surface area contributed by atoms with E-state index in [0.717, 1.165) is 77.2 Å². The van der Waals surface area contributed by atoms with Gasteiger partial charge >= 0.3 is 17.2 Å². The Hall–Kier alpha value is -6.98. The van der Waals surface area contributed by atoms with Gasteiger partial charge in [0.15, 0.2) is 0 Å². The van der Waals surface area contributed by atoms with Crippen LogP contribution in [0.25, 0.3) is 54.9 Å². The van der Waals surface area contributed by atoms with Crippen LogP contribution in [-0.4, -0.2) is 0 Å². The Morgan fingerprint density at radius 2 is 0.559 bits per heavy atom. The Morgan fingerprint density at radius 1 is 0.294 bits per heavy atom. The Bertz CT molecular complexity index is 3010. The highest BCUT2D eigenvalue weighted by Crippen LogP contribution is 2.65. The third-order valence-corrected chi connectivity index (χ3v) is 14.9. The van der Waals surface area contributed by atoms with Crippen LogP contribution in [0, 0.1) is 0 Å². The van der Waals surface area contributed by atoms with Crippen LogP contribution in [0.3, 0.4) is 0 Å². The van der Waals surface area contributed by atoms with E-state index in [9.17, 15) is 0 Å². The lowest BCUT2D eigenvalue weighted by molar-refractivity contribution is 0.159. The van der Waals surface area contributed by atoms with Crippen molar-refractivity contribution in [2.45, 2.75) is 24.4 Å². The van der Waals surface area contributed by atoms with E-state index in [4.69, 9.17) is 27.1 Å². The van der Waals surface area contributed by atoms with Crippen molar-refractivity contribution < 1.29 is 27.1 Å². The van der Waals surface area contributed by atoms with Crippen LogP contribution in [0.5, 0.6) is 11.5 Å². The van der Waals surface area contributed by atoms with Gasteiger partial charge in [0.25, 0.3) is 0 Å². The molecule has 10 aromatic carbocycles. The smallest absolute Gasteiger partial charge is 0.398 e. The molecule has 0 bridgehead atoms. The molecule has 68 heavy (non-hydrogen) atoms. The topological polar surface area (TPSA) is 55.4 Å². The molecule has 12 rings (SSSR count). The van der Waals surface area contributed by atoms with Gasteiger partial charge in [-0.3, -0.25) is 18.1 Å². The maximum absolute atomic E-state index is 7.43. The molecule has 2 aliphatic rings. The first-order valence-electron chi connectivity index (χ1n) is 22.8. The predicted octanol–water partition coefficient (Wildman–Crippen LogP) is 17.3.